The summed E-state index contributed by atoms with van der Waals surface area (Å²) < 4.78 is 19.5. The first kappa shape index (κ1) is 19.2. The predicted molar refractivity (Wildman–Crippen MR) is 99.2 cm³/mol. The SMILES string of the molecule is O=C(NCC1(O)CCC(COc2ccccc2)CC1)c1ccc(O)cc1F. The van der Waals surface area contributed by atoms with Crippen molar-refractivity contribution >= 4 is 5.91 Å². The van der Waals surface area contributed by atoms with E-state index in [1.165, 1.54) is 12.1 Å². The Hall–Kier alpha value is -2.60. The Kier molecular flexibility index (Phi) is 5.96. The summed E-state index contributed by atoms with van der Waals surface area (Å²) in [6.45, 7) is 0.670. The van der Waals surface area contributed by atoms with E-state index < -0.39 is 17.3 Å². The van der Waals surface area contributed by atoms with Gasteiger partial charge >= 0.3 is 0 Å². The molecule has 1 saturated carbocycles. The molecule has 0 radical (unpaired) electrons. The quantitative estimate of drug-likeness (QED) is 0.726. The van der Waals surface area contributed by atoms with E-state index in [-0.39, 0.29) is 17.9 Å². The highest BCUT2D eigenvalue weighted by molar-refractivity contribution is 5.94. The zero-order chi connectivity index (χ0) is 19.3. The number of ether oxygens (including phenoxy) is 1. The number of carbonyl (C=O) groups excluding carboxylic acids is 1. The van der Waals surface area contributed by atoms with Gasteiger partial charge in [-0.2, -0.15) is 0 Å². The maximum atomic E-state index is 13.7. The molecule has 0 aliphatic heterocycles. The lowest BCUT2D eigenvalue weighted by atomic mass is 9.79. The Morgan fingerprint density at radius 3 is 2.56 bits per heavy atom. The van der Waals surface area contributed by atoms with Gasteiger partial charge in [-0.1, -0.05) is 18.2 Å². The maximum absolute atomic E-state index is 13.7. The molecule has 5 nitrogen and oxygen atoms in total. The average molecular weight is 373 g/mol. The molecule has 1 amide bonds. The van der Waals surface area contributed by atoms with Crippen LogP contribution in [0.1, 0.15) is 36.0 Å². The van der Waals surface area contributed by atoms with Gasteiger partial charge in [-0.05, 0) is 55.9 Å². The van der Waals surface area contributed by atoms with Gasteiger partial charge in [0.2, 0.25) is 0 Å². The zero-order valence-corrected chi connectivity index (χ0v) is 15.0. The summed E-state index contributed by atoms with van der Waals surface area (Å²) in [6.07, 6.45) is 2.70. The van der Waals surface area contributed by atoms with Crippen molar-refractivity contribution in [3.63, 3.8) is 0 Å². The number of halogens is 1. The first-order chi connectivity index (χ1) is 13.0. The van der Waals surface area contributed by atoms with Crippen LogP contribution in [0.15, 0.2) is 48.5 Å². The number of para-hydroxylation sites is 1. The van der Waals surface area contributed by atoms with Gasteiger partial charge in [0.1, 0.15) is 17.3 Å². The fourth-order valence-electron chi connectivity index (χ4n) is 3.32. The van der Waals surface area contributed by atoms with Crippen LogP contribution >= 0.6 is 0 Å². The third kappa shape index (κ3) is 5.20. The van der Waals surface area contributed by atoms with Crippen LogP contribution in [0.4, 0.5) is 4.39 Å². The largest absolute Gasteiger partial charge is 0.508 e. The third-order valence-electron chi connectivity index (χ3n) is 5.04. The number of hydrogen-bond donors (Lipinski definition) is 3. The van der Waals surface area contributed by atoms with Crippen molar-refractivity contribution in [3.8, 4) is 11.5 Å². The first-order valence-electron chi connectivity index (χ1n) is 9.12. The zero-order valence-electron chi connectivity index (χ0n) is 15.0. The van der Waals surface area contributed by atoms with E-state index in [0.29, 0.717) is 25.4 Å². The normalized spacial score (nSPS) is 22.2. The van der Waals surface area contributed by atoms with Gasteiger partial charge in [0.05, 0.1) is 17.8 Å². The fraction of sp³-hybridized carbons (Fsp3) is 0.381. The van der Waals surface area contributed by atoms with Gasteiger partial charge < -0.3 is 20.3 Å². The number of phenolic OH excluding ortho intramolecular Hbond substituents is 1. The molecule has 6 heteroatoms. The van der Waals surface area contributed by atoms with Gasteiger partial charge in [0.15, 0.2) is 0 Å². The average Bonchev–Trinajstić information content (AvgIpc) is 2.67. The molecule has 1 fully saturated rings. The molecule has 0 aromatic heterocycles. The standard InChI is InChI=1S/C21H24FNO4/c22-19-12-16(24)6-7-18(19)20(25)23-14-21(26)10-8-15(9-11-21)13-27-17-4-2-1-3-5-17/h1-7,12,15,24,26H,8-11,13-14H2,(H,23,25). The van der Waals surface area contributed by atoms with E-state index in [1.54, 1.807) is 0 Å². The second kappa shape index (κ2) is 8.39. The second-order valence-corrected chi connectivity index (χ2v) is 7.14. The minimum Gasteiger partial charge on any atom is -0.508 e. The molecule has 144 valence electrons. The number of nitrogens with one attached hydrogen (secondary N) is 1. The lowest BCUT2D eigenvalue weighted by molar-refractivity contribution is -0.0130. The van der Waals surface area contributed by atoms with Crippen LogP contribution in [0.25, 0.3) is 0 Å². The summed E-state index contributed by atoms with van der Waals surface area (Å²) in [7, 11) is 0. The minimum absolute atomic E-state index is 0.0679. The van der Waals surface area contributed by atoms with Gasteiger partial charge in [-0.25, -0.2) is 4.39 Å². The molecular formula is C21H24FNO4. The molecular weight excluding hydrogens is 349 g/mol. The van der Waals surface area contributed by atoms with E-state index in [1.807, 2.05) is 30.3 Å². The van der Waals surface area contributed by atoms with Crippen LogP contribution in [-0.4, -0.2) is 34.9 Å². The molecule has 3 rings (SSSR count). The Balaban J connectivity index is 1.45. The fourth-order valence-corrected chi connectivity index (χ4v) is 3.32. The molecule has 3 N–H and O–H groups in total. The van der Waals surface area contributed by atoms with Gasteiger partial charge in [-0.3, -0.25) is 4.79 Å². The van der Waals surface area contributed by atoms with E-state index in [4.69, 9.17) is 4.74 Å². The number of carbonyl (C=O) groups is 1. The van der Waals surface area contributed by atoms with Gasteiger partial charge in [0.25, 0.3) is 5.91 Å². The van der Waals surface area contributed by atoms with E-state index in [0.717, 1.165) is 24.7 Å². The molecule has 1 aliphatic rings. The molecule has 0 saturated heterocycles. The van der Waals surface area contributed by atoms with E-state index >= 15 is 0 Å². The Bertz CT molecular complexity index is 773. The van der Waals surface area contributed by atoms with Crippen molar-refractivity contribution in [1.82, 2.24) is 5.32 Å². The van der Waals surface area contributed by atoms with Crippen molar-refractivity contribution in [2.75, 3.05) is 13.2 Å². The van der Waals surface area contributed by atoms with E-state index in [9.17, 15) is 19.4 Å². The summed E-state index contributed by atoms with van der Waals surface area (Å²) in [5.74, 6) is -0.437. The number of phenols is 1. The maximum Gasteiger partial charge on any atom is 0.254 e. The van der Waals surface area contributed by atoms with Gasteiger partial charge in [0, 0.05) is 12.6 Å². The number of hydrogen-bond acceptors (Lipinski definition) is 4. The number of aliphatic hydroxyl groups is 1. The summed E-state index contributed by atoms with van der Waals surface area (Å²) in [5, 5.41) is 22.5. The van der Waals surface area contributed by atoms with E-state index in [2.05, 4.69) is 5.32 Å². The van der Waals surface area contributed by atoms with Gasteiger partial charge in [-0.15, -0.1) is 0 Å². The Morgan fingerprint density at radius 1 is 1.19 bits per heavy atom. The number of benzene rings is 2. The Labute approximate surface area is 157 Å². The summed E-state index contributed by atoms with van der Waals surface area (Å²) in [6, 6.07) is 13.0. The van der Waals surface area contributed by atoms with Crippen LogP contribution < -0.4 is 10.1 Å². The van der Waals surface area contributed by atoms with Crippen LogP contribution in [0.5, 0.6) is 11.5 Å². The molecule has 0 unspecified atom stereocenters. The predicted octanol–water partition coefficient (Wildman–Crippen LogP) is 3.26. The Morgan fingerprint density at radius 2 is 1.89 bits per heavy atom. The topological polar surface area (TPSA) is 78.8 Å². The highest BCUT2D eigenvalue weighted by Gasteiger charge is 2.34. The van der Waals surface area contributed by atoms with Crippen molar-refractivity contribution < 1.29 is 24.1 Å². The van der Waals surface area contributed by atoms with Crippen molar-refractivity contribution in [1.29, 1.82) is 0 Å². The second-order valence-electron chi connectivity index (χ2n) is 7.14. The monoisotopic (exact) mass is 373 g/mol. The number of amides is 1. The molecule has 0 heterocycles. The summed E-state index contributed by atoms with van der Waals surface area (Å²) >= 11 is 0. The lowest BCUT2D eigenvalue weighted by Gasteiger charge is -2.36. The summed E-state index contributed by atoms with van der Waals surface area (Å²) in [5.41, 5.74) is -1.15. The lowest BCUT2D eigenvalue weighted by Crippen LogP contribution is -2.46. The van der Waals surface area contributed by atoms with Crippen molar-refractivity contribution in [2.24, 2.45) is 5.92 Å². The number of aromatic hydroxyl groups is 1. The third-order valence-corrected chi connectivity index (χ3v) is 5.04. The van der Waals surface area contributed by atoms with Crippen LogP contribution in [-0.2, 0) is 0 Å². The first-order valence-corrected chi connectivity index (χ1v) is 9.12. The van der Waals surface area contributed by atoms with Crippen molar-refractivity contribution in [3.05, 3.63) is 59.9 Å². The molecule has 2 aromatic rings. The van der Waals surface area contributed by atoms with Crippen LogP contribution in [0, 0.1) is 11.7 Å². The summed E-state index contributed by atoms with van der Waals surface area (Å²) in [4.78, 5) is 12.1. The molecule has 1 aliphatic carbocycles. The molecule has 0 atom stereocenters. The molecule has 0 spiro atoms. The highest BCUT2D eigenvalue weighted by atomic mass is 19.1. The molecule has 2 aromatic carbocycles. The molecule has 27 heavy (non-hydrogen) atoms. The molecule has 0 bridgehead atoms. The van der Waals surface area contributed by atoms with Crippen LogP contribution in [0.3, 0.4) is 0 Å². The number of rotatable bonds is 6. The minimum atomic E-state index is -0.994. The van der Waals surface area contributed by atoms with Crippen molar-refractivity contribution in [2.45, 2.75) is 31.3 Å². The van der Waals surface area contributed by atoms with Crippen LogP contribution in [0.2, 0.25) is 0 Å². The highest BCUT2D eigenvalue weighted by Crippen LogP contribution is 2.32. The smallest absolute Gasteiger partial charge is 0.254 e.